The number of amides is 2. The number of halogens is 4. The number of H-pyrrole nitrogens is 1. The third kappa shape index (κ3) is 6.18. The van der Waals surface area contributed by atoms with Gasteiger partial charge in [-0.2, -0.15) is 13.2 Å². The summed E-state index contributed by atoms with van der Waals surface area (Å²) >= 11 is 5.61. The molecule has 0 spiro atoms. The van der Waals surface area contributed by atoms with Crippen molar-refractivity contribution in [1.82, 2.24) is 25.5 Å². The van der Waals surface area contributed by atoms with Crippen molar-refractivity contribution >= 4 is 29.0 Å². The van der Waals surface area contributed by atoms with Crippen molar-refractivity contribution in [3.8, 4) is 0 Å². The normalized spacial score (nSPS) is 19.7. The monoisotopic (exact) mass is 457 g/mol. The number of nitrogens with one attached hydrogen (secondary N) is 4. The summed E-state index contributed by atoms with van der Waals surface area (Å²) < 4.78 is 39.1. The predicted octanol–water partition coefficient (Wildman–Crippen LogP) is 3.44. The van der Waals surface area contributed by atoms with Crippen LogP contribution >= 0.6 is 11.6 Å². The van der Waals surface area contributed by atoms with Gasteiger partial charge < -0.3 is 20.9 Å². The third-order valence-corrected chi connectivity index (χ3v) is 5.16. The molecule has 2 aromatic rings. The minimum Gasteiger partial charge on any atom is -0.348 e. The van der Waals surface area contributed by atoms with Gasteiger partial charge >= 0.3 is 12.2 Å². The van der Waals surface area contributed by atoms with E-state index in [9.17, 15) is 18.0 Å². The minimum absolute atomic E-state index is 0.0254. The lowest BCUT2D eigenvalue weighted by Gasteiger charge is -2.37. The molecule has 0 saturated heterocycles. The highest BCUT2D eigenvalue weighted by Gasteiger charge is 2.33. The van der Waals surface area contributed by atoms with Crippen molar-refractivity contribution < 1.29 is 18.0 Å². The number of aromatic nitrogens is 2. The second-order valence-corrected chi connectivity index (χ2v) is 7.60. The van der Waals surface area contributed by atoms with Gasteiger partial charge in [0, 0.05) is 42.7 Å². The van der Waals surface area contributed by atoms with E-state index < -0.39 is 29.1 Å². The van der Waals surface area contributed by atoms with Crippen LogP contribution in [0, 0.1) is 0 Å². The molecule has 2 atom stereocenters. The summed E-state index contributed by atoms with van der Waals surface area (Å²) in [7, 11) is 1.80. The smallest absolute Gasteiger partial charge is 0.348 e. The number of aliphatic imine (C=N–C) groups is 1. The second-order valence-electron chi connectivity index (χ2n) is 7.20. The highest BCUT2D eigenvalue weighted by molar-refractivity contribution is 6.31. The van der Waals surface area contributed by atoms with Crippen LogP contribution in [0.1, 0.15) is 24.6 Å². The number of hydrogen-bond acceptors (Lipinski definition) is 5. The molecule has 0 bridgehead atoms. The predicted molar refractivity (Wildman–Crippen MR) is 112 cm³/mol. The quantitative estimate of drug-likeness (QED) is 0.534. The van der Waals surface area contributed by atoms with Gasteiger partial charge in [-0.15, -0.1) is 0 Å². The molecule has 1 aliphatic heterocycles. The van der Waals surface area contributed by atoms with E-state index in [0.29, 0.717) is 13.0 Å². The molecule has 2 unspecified atom stereocenters. The highest BCUT2D eigenvalue weighted by atomic mass is 35.5. The number of hydrogen-bond donors (Lipinski definition) is 4. The molecule has 0 radical (unpaired) electrons. The molecule has 2 amide bonds. The molecular weight excluding hydrogens is 435 g/mol. The van der Waals surface area contributed by atoms with Crippen LogP contribution in [0.2, 0.25) is 5.02 Å². The zero-order chi connectivity index (χ0) is 22.6. The number of aromatic amines is 1. The van der Waals surface area contributed by atoms with Gasteiger partial charge in [0.2, 0.25) is 0 Å². The summed E-state index contributed by atoms with van der Waals surface area (Å²) in [5.41, 5.74) is 0.805. The summed E-state index contributed by atoms with van der Waals surface area (Å²) in [5, 5.41) is 8.05. The van der Waals surface area contributed by atoms with Crippen molar-refractivity contribution in [2.75, 3.05) is 18.9 Å². The molecule has 1 aromatic carbocycles. The average Bonchev–Trinajstić information content (AvgIpc) is 3.19. The summed E-state index contributed by atoms with van der Waals surface area (Å²) in [6.45, 7) is 2.55. The number of carbonyl (C=O) groups excluding carboxylic acids is 1. The standard InChI is InChI=1S/C19H23ClF3N7O/c1-11-7-16(25-6-5-13-9-24-10-26-13)30(2)17(27-11)29-18(31)28-12-3-4-15(20)14(8-12)19(21,22)23/h3-4,8-10,16-17,25H,5-7H2,1-2H3,(H,24,26)(H2,28,29,31). The largest absolute Gasteiger partial charge is 0.417 e. The van der Waals surface area contributed by atoms with Gasteiger partial charge in [-0.25, -0.2) is 9.78 Å². The second kappa shape index (κ2) is 9.67. The zero-order valence-electron chi connectivity index (χ0n) is 16.9. The molecule has 8 nitrogen and oxygen atoms in total. The maximum Gasteiger partial charge on any atom is 0.417 e. The molecule has 168 valence electrons. The van der Waals surface area contributed by atoms with Gasteiger partial charge in [-0.1, -0.05) is 11.6 Å². The first kappa shape index (κ1) is 23.0. The van der Waals surface area contributed by atoms with Crippen LogP contribution in [0.4, 0.5) is 23.7 Å². The van der Waals surface area contributed by atoms with Gasteiger partial charge in [0.1, 0.15) is 0 Å². The van der Waals surface area contributed by atoms with E-state index in [0.717, 1.165) is 30.0 Å². The van der Waals surface area contributed by atoms with Gasteiger partial charge in [-0.3, -0.25) is 9.89 Å². The summed E-state index contributed by atoms with van der Waals surface area (Å²) in [6.07, 6.45) is -0.552. The van der Waals surface area contributed by atoms with E-state index in [1.165, 1.54) is 6.07 Å². The fourth-order valence-corrected chi connectivity index (χ4v) is 3.42. The average molecular weight is 458 g/mol. The van der Waals surface area contributed by atoms with Gasteiger partial charge in [0.25, 0.3) is 0 Å². The lowest BCUT2D eigenvalue weighted by molar-refractivity contribution is -0.137. The van der Waals surface area contributed by atoms with E-state index in [1.54, 1.807) is 19.6 Å². The van der Waals surface area contributed by atoms with E-state index in [-0.39, 0.29) is 11.9 Å². The van der Waals surface area contributed by atoms with E-state index in [4.69, 9.17) is 11.6 Å². The molecule has 2 heterocycles. The number of anilines is 1. The SMILES string of the molecule is CC1=NC(NC(=O)Nc2ccc(Cl)c(C(F)(F)F)c2)N(C)C(NCCc2cnc[nH]2)C1. The summed E-state index contributed by atoms with van der Waals surface area (Å²) in [4.78, 5) is 25.7. The molecule has 0 fully saturated rings. The Bertz CT molecular complexity index is 933. The number of alkyl halides is 3. The number of urea groups is 1. The van der Waals surface area contributed by atoms with Crippen LogP contribution in [-0.4, -0.2) is 52.7 Å². The van der Waals surface area contributed by atoms with Crippen molar-refractivity contribution in [3.05, 3.63) is 47.0 Å². The van der Waals surface area contributed by atoms with Crippen molar-refractivity contribution in [1.29, 1.82) is 0 Å². The van der Waals surface area contributed by atoms with Crippen LogP contribution < -0.4 is 16.0 Å². The Balaban J connectivity index is 1.59. The van der Waals surface area contributed by atoms with Gasteiger partial charge in [0.15, 0.2) is 6.29 Å². The number of rotatable bonds is 6. The molecule has 4 N–H and O–H groups in total. The number of nitrogens with zero attached hydrogens (tertiary/aromatic N) is 3. The Morgan fingerprint density at radius 3 is 2.84 bits per heavy atom. The summed E-state index contributed by atoms with van der Waals surface area (Å²) in [6, 6.07) is 2.51. The molecule has 1 aliphatic rings. The van der Waals surface area contributed by atoms with Gasteiger partial charge in [0.05, 0.1) is 23.1 Å². The first-order valence-corrected chi connectivity index (χ1v) is 9.91. The Labute approximate surface area is 182 Å². The van der Waals surface area contributed by atoms with E-state index in [1.807, 2.05) is 11.8 Å². The Morgan fingerprint density at radius 2 is 2.16 bits per heavy atom. The highest BCUT2D eigenvalue weighted by Crippen LogP contribution is 2.36. The Morgan fingerprint density at radius 1 is 1.39 bits per heavy atom. The van der Waals surface area contributed by atoms with Crippen LogP contribution in [0.25, 0.3) is 0 Å². The number of imidazole rings is 1. The van der Waals surface area contributed by atoms with Crippen LogP contribution in [0.5, 0.6) is 0 Å². The number of carbonyl (C=O) groups is 1. The molecule has 1 aromatic heterocycles. The van der Waals surface area contributed by atoms with Crippen LogP contribution in [-0.2, 0) is 12.6 Å². The zero-order valence-corrected chi connectivity index (χ0v) is 17.7. The van der Waals surface area contributed by atoms with Crippen molar-refractivity contribution in [2.24, 2.45) is 4.99 Å². The van der Waals surface area contributed by atoms with Crippen LogP contribution in [0.15, 0.2) is 35.7 Å². The maximum absolute atomic E-state index is 13.0. The molecule has 0 aliphatic carbocycles. The van der Waals surface area contributed by atoms with Crippen molar-refractivity contribution in [2.45, 2.75) is 38.4 Å². The third-order valence-electron chi connectivity index (χ3n) is 4.83. The molecule has 3 rings (SSSR count). The fraction of sp³-hybridized carbons (Fsp3) is 0.421. The lowest BCUT2D eigenvalue weighted by atomic mass is 10.2. The topological polar surface area (TPSA) is 97.4 Å². The molecule has 0 saturated carbocycles. The lowest BCUT2D eigenvalue weighted by Crippen LogP contribution is -2.58. The van der Waals surface area contributed by atoms with Crippen LogP contribution in [0.3, 0.4) is 0 Å². The maximum atomic E-state index is 13.0. The fourth-order valence-electron chi connectivity index (χ4n) is 3.20. The molecule has 12 heteroatoms. The molecular formula is C19H23ClF3N7O. The first-order chi connectivity index (χ1) is 14.6. The van der Waals surface area contributed by atoms with E-state index >= 15 is 0 Å². The molecule has 31 heavy (non-hydrogen) atoms. The van der Waals surface area contributed by atoms with Crippen molar-refractivity contribution in [3.63, 3.8) is 0 Å². The Kier molecular flexibility index (Phi) is 7.19. The number of benzene rings is 1. The minimum atomic E-state index is -4.62. The first-order valence-electron chi connectivity index (χ1n) is 9.53. The van der Waals surface area contributed by atoms with Gasteiger partial charge in [-0.05, 0) is 32.2 Å². The summed E-state index contributed by atoms with van der Waals surface area (Å²) in [5.74, 6) is 0. The Hall–Kier alpha value is -2.63. The van der Waals surface area contributed by atoms with E-state index in [2.05, 4.69) is 30.9 Å².